The molecule has 0 saturated heterocycles. The lowest BCUT2D eigenvalue weighted by molar-refractivity contribution is -0.125. The van der Waals surface area contributed by atoms with Crippen LogP contribution in [0.25, 0.3) is 0 Å². The average molecular weight is 314 g/mol. The summed E-state index contributed by atoms with van der Waals surface area (Å²) in [6, 6.07) is 2.83. The molecule has 1 amide bonds. The van der Waals surface area contributed by atoms with Crippen LogP contribution in [0.4, 0.5) is 5.69 Å². The maximum Gasteiger partial charge on any atom is 0.250 e. The fourth-order valence-electron chi connectivity index (χ4n) is 1.59. The Hall–Kier alpha value is -1.44. The van der Waals surface area contributed by atoms with Crippen molar-refractivity contribution in [3.05, 3.63) is 23.3 Å². The molecule has 0 fully saturated rings. The van der Waals surface area contributed by atoms with E-state index in [4.69, 9.17) is 9.88 Å². The van der Waals surface area contributed by atoms with E-state index in [1.807, 2.05) is 20.8 Å². The van der Waals surface area contributed by atoms with E-state index in [-0.39, 0.29) is 17.4 Å². The standard InChI is InChI=1S/C14H22N2O4S/c1-9-6-11(21(15,18)19)7-12(10(9)2)16-13(17)8-20-14(3,4)5/h6-7H,8H2,1-5H3,(H,16,17)(H2,15,18,19). The third kappa shape index (κ3) is 5.45. The van der Waals surface area contributed by atoms with Crippen LogP contribution in [-0.2, 0) is 19.6 Å². The SMILES string of the molecule is Cc1cc(S(N)(=O)=O)cc(NC(=O)COC(C)(C)C)c1C. The Balaban J connectivity index is 2.98. The van der Waals surface area contributed by atoms with E-state index in [1.54, 1.807) is 13.8 Å². The predicted molar refractivity (Wildman–Crippen MR) is 81.6 cm³/mol. The van der Waals surface area contributed by atoms with Crippen molar-refractivity contribution in [2.75, 3.05) is 11.9 Å². The summed E-state index contributed by atoms with van der Waals surface area (Å²) >= 11 is 0. The first-order chi connectivity index (χ1) is 9.40. The molecule has 0 aliphatic carbocycles. The van der Waals surface area contributed by atoms with Gasteiger partial charge < -0.3 is 10.1 Å². The minimum absolute atomic E-state index is 0.0300. The second kappa shape index (κ2) is 6.13. The van der Waals surface area contributed by atoms with Gasteiger partial charge in [-0.25, -0.2) is 13.6 Å². The van der Waals surface area contributed by atoms with Crippen molar-refractivity contribution >= 4 is 21.6 Å². The number of carbonyl (C=O) groups is 1. The average Bonchev–Trinajstić information content (AvgIpc) is 2.30. The van der Waals surface area contributed by atoms with Crippen molar-refractivity contribution in [3.63, 3.8) is 0 Å². The number of hydrogen-bond acceptors (Lipinski definition) is 4. The van der Waals surface area contributed by atoms with Crippen LogP contribution in [0.2, 0.25) is 0 Å². The third-order valence-corrected chi connectivity index (χ3v) is 3.77. The molecule has 0 aliphatic rings. The smallest absolute Gasteiger partial charge is 0.250 e. The molecule has 21 heavy (non-hydrogen) atoms. The summed E-state index contributed by atoms with van der Waals surface area (Å²) in [7, 11) is -3.82. The molecule has 0 heterocycles. The van der Waals surface area contributed by atoms with Gasteiger partial charge in [-0.2, -0.15) is 0 Å². The summed E-state index contributed by atoms with van der Waals surface area (Å²) in [5.41, 5.74) is 1.51. The molecule has 0 aromatic heterocycles. The van der Waals surface area contributed by atoms with Gasteiger partial charge in [0.05, 0.1) is 10.5 Å². The number of ether oxygens (including phenoxy) is 1. The Bertz CT molecular complexity index is 646. The van der Waals surface area contributed by atoms with Crippen LogP contribution in [0.3, 0.4) is 0 Å². The summed E-state index contributed by atoms with van der Waals surface area (Å²) in [4.78, 5) is 11.8. The minimum atomic E-state index is -3.82. The molecule has 0 saturated carbocycles. The summed E-state index contributed by atoms with van der Waals surface area (Å²) in [5.74, 6) is -0.348. The number of amides is 1. The highest BCUT2D eigenvalue weighted by molar-refractivity contribution is 7.89. The van der Waals surface area contributed by atoms with Crippen LogP contribution in [-0.4, -0.2) is 26.5 Å². The normalized spacial score (nSPS) is 12.3. The van der Waals surface area contributed by atoms with E-state index < -0.39 is 15.6 Å². The van der Waals surface area contributed by atoms with Gasteiger partial charge in [-0.05, 0) is 57.9 Å². The number of hydrogen-bond donors (Lipinski definition) is 2. The first-order valence-corrected chi connectivity index (χ1v) is 8.02. The van der Waals surface area contributed by atoms with Crippen molar-refractivity contribution in [1.82, 2.24) is 0 Å². The molecule has 0 aliphatic heterocycles. The van der Waals surface area contributed by atoms with Gasteiger partial charge in [0.25, 0.3) is 0 Å². The number of benzene rings is 1. The van der Waals surface area contributed by atoms with Crippen molar-refractivity contribution in [2.24, 2.45) is 5.14 Å². The number of aryl methyl sites for hydroxylation is 1. The van der Waals surface area contributed by atoms with Gasteiger partial charge in [0.2, 0.25) is 15.9 Å². The molecule has 118 valence electrons. The van der Waals surface area contributed by atoms with Crippen LogP contribution in [0, 0.1) is 13.8 Å². The molecule has 0 bridgehead atoms. The summed E-state index contributed by atoms with van der Waals surface area (Å²) in [6.45, 7) is 8.97. The van der Waals surface area contributed by atoms with E-state index in [2.05, 4.69) is 5.32 Å². The van der Waals surface area contributed by atoms with Gasteiger partial charge in [-0.1, -0.05) is 0 Å². The van der Waals surface area contributed by atoms with Crippen LogP contribution < -0.4 is 10.5 Å². The largest absolute Gasteiger partial charge is 0.366 e. The number of nitrogens with two attached hydrogens (primary N) is 1. The molecule has 0 radical (unpaired) electrons. The van der Waals surface area contributed by atoms with Crippen molar-refractivity contribution in [3.8, 4) is 0 Å². The number of sulfonamides is 1. The lowest BCUT2D eigenvalue weighted by Crippen LogP contribution is -2.27. The summed E-state index contributed by atoms with van der Waals surface area (Å²) in [5, 5.41) is 7.78. The zero-order valence-corrected chi connectivity index (χ0v) is 13.8. The molecule has 0 atom stereocenters. The Morgan fingerprint density at radius 3 is 2.33 bits per heavy atom. The topological polar surface area (TPSA) is 98.5 Å². The summed E-state index contributed by atoms with van der Waals surface area (Å²) in [6.07, 6.45) is 0. The van der Waals surface area contributed by atoms with E-state index >= 15 is 0 Å². The van der Waals surface area contributed by atoms with E-state index in [9.17, 15) is 13.2 Å². The van der Waals surface area contributed by atoms with Gasteiger partial charge in [0.15, 0.2) is 0 Å². The zero-order chi connectivity index (χ0) is 16.4. The Morgan fingerprint density at radius 2 is 1.86 bits per heavy atom. The molecule has 0 unspecified atom stereocenters. The molecule has 7 heteroatoms. The molecular weight excluding hydrogens is 292 g/mol. The maximum atomic E-state index is 11.9. The Labute approximate surface area is 125 Å². The van der Waals surface area contributed by atoms with E-state index in [0.717, 1.165) is 11.1 Å². The van der Waals surface area contributed by atoms with Crippen molar-refractivity contribution < 1.29 is 17.9 Å². The number of anilines is 1. The van der Waals surface area contributed by atoms with Gasteiger partial charge in [-0.3, -0.25) is 4.79 Å². The zero-order valence-electron chi connectivity index (χ0n) is 13.0. The van der Waals surface area contributed by atoms with Crippen molar-refractivity contribution in [1.29, 1.82) is 0 Å². The van der Waals surface area contributed by atoms with Gasteiger partial charge in [-0.15, -0.1) is 0 Å². The molecule has 6 nitrogen and oxygen atoms in total. The van der Waals surface area contributed by atoms with Crippen LogP contribution in [0.5, 0.6) is 0 Å². The second-order valence-corrected chi connectivity index (χ2v) is 7.47. The predicted octanol–water partition coefficient (Wildman–Crippen LogP) is 1.70. The summed E-state index contributed by atoms with van der Waals surface area (Å²) < 4.78 is 28.2. The first kappa shape index (κ1) is 17.6. The first-order valence-electron chi connectivity index (χ1n) is 6.48. The Kier molecular flexibility index (Phi) is 5.14. The number of carbonyl (C=O) groups excluding carboxylic acids is 1. The van der Waals surface area contributed by atoms with Crippen LogP contribution >= 0.6 is 0 Å². The minimum Gasteiger partial charge on any atom is -0.366 e. The fraction of sp³-hybridized carbons (Fsp3) is 0.500. The number of nitrogens with one attached hydrogen (secondary N) is 1. The third-order valence-electron chi connectivity index (χ3n) is 2.88. The van der Waals surface area contributed by atoms with Crippen molar-refractivity contribution in [2.45, 2.75) is 45.1 Å². The molecule has 0 spiro atoms. The maximum absolute atomic E-state index is 11.9. The highest BCUT2D eigenvalue weighted by Crippen LogP contribution is 2.23. The number of rotatable bonds is 4. The molecule has 3 N–H and O–H groups in total. The molecule has 1 aromatic carbocycles. The van der Waals surface area contributed by atoms with E-state index in [0.29, 0.717) is 5.69 Å². The lowest BCUT2D eigenvalue weighted by Gasteiger charge is -2.19. The van der Waals surface area contributed by atoms with E-state index in [1.165, 1.54) is 12.1 Å². The fourth-order valence-corrected chi connectivity index (χ4v) is 2.21. The highest BCUT2D eigenvalue weighted by Gasteiger charge is 2.16. The van der Waals surface area contributed by atoms with Gasteiger partial charge in [0, 0.05) is 5.69 Å². The Morgan fingerprint density at radius 1 is 1.29 bits per heavy atom. The molecule has 1 rings (SSSR count). The quantitative estimate of drug-likeness (QED) is 0.883. The van der Waals surface area contributed by atoms with Gasteiger partial charge >= 0.3 is 0 Å². The lowest BCUT2D eigenvalue weighted by atomic mass is 10.1. The highest BCUT2D eigenvalue weighted by atomic mass is 32.2. The molecule has 1 aromatic rings. The second-order valence-electron chi connectivity index (χ2n) is 5.91. The van der Waals surface area contributed by atoms with Crippen LogP contribution in [0.15, 0.2) is 17.0 Å². The molecular formula is C14H22N2O4S. The van der Waals surface area contributed by atoms with Gasteiger partial charge in [0.1, 0.15) is 6.61 Å². The van der Waals surface area contributed by atoms with Crippen LogP contribution in [0.1, 0.15) is 31.9 Å². The monoisotopic (exact) mass is 314 g/mol. The number of primary sulfonamides is 1.